The van der Waals surface area contributed by atoms with Crippen LogP contribution in [0.3, 0.4) is 0 Å². The molecule has 0 fully saturated rings. The van der Waals surface area contributed by atoms with Crippen molar-refractivity contribution < 1.29 is 0 Å². The third kappa shape index (κ3) is 4.61. The molecule has 0 aromatic carbocycles. The average molecular weight is 270 g/mol. The smallest absolute Gasteiger partial charge is 0.191 e. The Labute approximate surface area is 115 Å². The van der Waals surface area contributed by atoms with Gasteiger partial charge in [-0.25, -0.2) is 0 Å². The fourth-order valence-corrected chi connectivity index (χ4v) is 3.02. The van der Waals surface area contributed by atoms with E-state index >= 15 is 0 Å². The molecule has 0 amide bonds. The van der Waals surface area contributed by atoms with E-state index in [0.717, 1.165) is 16.7 Å². The molecule has 0 bridgehead atoms. The van der Waals surface area contributed by atoms with Gasteiger partial charge in [0.2, 0.25) is 0 Å². The first-order chi connectivity index (χ1) is 8.70. The lowest BCUT2D eigenvalue weighted by molar-refractivity contribution is 0.526. The molecule has 5 heteroatoms. The number of nitrogens with zero attached hydrogens (tertiary/aromatic N) is 3. The molecule has 0 aliphatic heterocycles. The van der Waals surface area contributed by atoms with Gasteiger partial charge >= 0.3 is 0 Å². The molecule has 1 aromatic rings. The summed E-state index contributed by atoms with van der Waals surface area (Å²) in [6.45, 7) is 7.00. The number of rotatable bonds is 9. The fraction of sp³-hybridized carbons (Fsp3) is 0.846. The van der Waals surface area contributed by atoms with E-state index < -0.39 is 0 Å². The SMILES string of the molecule is CCCCCCCSc1nnc(CN)n1C(C)C. The van der Waals surface area contributed by atoms with Crippen LogP contribution in [0.5, 0.6) is 0 Å². The van der Waals surface area contributed by atoms with Crippen molar-refractivity contribution in [2.45, 2.75) is 70.6 Å². The summed E-state index contributed by atoms with van der Waals surface area (Å²) >= 11 is 1.80. The van der Waals surface area contributed by atoms with Crippen LogP contribution in [0.1, 0.15) is 64.7 Å². The molecule has 2 N–H and O–H groups in total. The summed E-state index contributed by atoms with van der Waals surface area (Å²) in [6.07, 6.45) is 6.58. The normalized spacial score (nSPS) is 11.4. The highest BCUT2D eigenvalue weighted by molar-refractivity contribution is 7.99. The quantitative estimate of drug-likeness (QED) is 0.552. The second-order valence-corrected chi connectivity index (χ2v) is 5.89. The molecule has 0 saturated carbocycles. The van der Waals surface area contributed by atoms with E-state index in [4.69, 9.17) is 5.73 Å². The van der Waals surface area contributed by atoms with Gasteiger partial charge in [0, 0.05) is 11.8 Å². The molecule has 0 unspecified atom stereocenters. The first-order valence-corrected chi connectivity index (χ1v) is 7.95. The van der Waals surface area contributed by atoms with Crippen molar-refractivity contribution in [2.24, 2.45) is 5.73 Å². The zero-order valence-corrected chi connectivity index (χ0v) is 12.7. The van der Waals surface area contributed by atoms with Gasteiger partial charge in [0.25, 0.3) is 0 Å². The third-order valence-corrected chi connectivity index (χ3v) is 3.94. The van der Waals surface area contributed by atoms with E-state index in [2.05, 4.69) is 35.5 Å². The number of hydrogen-bond donors (Lipinski definition) is 1. The molecule has 0 saturated heterocycles. The van der Waals surface area contributed by atoms with Gasteiger partial charge in [-0.2, -0.15) is 0 Å². The Morgan fingerprint density at radius 2 is 1.89 bits per heavy atom. The van der Waals surface area contributed by atoms with Crippen LogP contribution >= 0.6 is 11.8 Å². The summed E-state index contributed by atoms with van der Waals surface area (Å²) in [4.78, 5) is 0. The lowest BCUT2D eigenvalue weighted by atomic mass is 10.2. The summed E-state index contributed by atoms with van der Waals surface area (Å²) in [6, 6.07) is 0.376. The predicted molar refractivity (Wildman–Crippen MR) is 77.8 cm³/mol. The van der Waals surface area contributed by atoms with Gasteiger partial charge < -0.3 is 10.3 Å². The van der Waals surface area contributed by atoms with Gasteiger partial charge in [-0.05, 0) is 20.3 Å². The highest BCUT2D eigenvalue weighted by Crippen LogP contribution is 2.22. The van der Waals surface area contributed by atoms with Gasteiger partial charge in [0.05, 0.1) is 6.54 Å². The zero-order valence-electron chi connectivity index (χ0n) is 11.9. The Bertz CT molecular complexity index is 336. The van der Waals surface area contributed by atoms with Crippen LogP contribution < -0.4 is 5.73 Å². The largest absolute Gasteiger partial charge is 0.324 e. The minimum Gasteiger partial charge on any atom is -0.324 e. The Kier molecular flexibility index (Phi) is 7.35. The summed E-state index contributed by atoms with van der Waals surface area (Å²) < 4.78 is 2.15. The van der Waals surface area contributed by atoms with E-state index in [-0.39, 0.29) is 0 Å². The molecule has 4 nitrogen and oxygen atoms in total. The first-order valence-electron chi connectivity index (χ1n) is 6.97. The van der Waals surface area contributed by atoms with Crippen LogP contribution in [0.4, 0.5) is 0 Å². The van der Waals surface area contributed by atoms with E-state index in [1.54, 1.807) is 11.8 Å². The topological polar surface area (TPSA) is 56.7 Å². The third-order valence-electron chi connectivity index (χ3n) is 2.91. The van der Waals surface area contributed by atoms with E-state index in [0.29, 0.717) is 12.6 Å². The molecular weight excluding hydrogens is 244 g/mol. The standard InChI is InChI=1S/C13H26N4S/c1-4-5-6-7-8-9-18-13-16-15-12(10-14)17(13)11(2)3/h11H,4-10,14H2,1-3H3. The second-order valence-electron chi connectivity index (χ2n) is 4.83. The van der Waals surface area contributed by atoms with E-state index in [1.165, 1.54) is 32.1 Å². The highest BCUT2D eigenvalue weighted by atomic mass is 32.2. The minimum atomic E-state index is 0.376. The molecule has 0 radical (unpaired) electrons. The average Bonchev–Trinajstić information content (AvgIpc) is 2.76. The molecule has 0 aliphatic rings. The summed E-state index contributed by atoms with van der Waals surface area (Å²) in [7, 11) is 0. The number of aromatic nitrogens is 3. The number of unbranched alkanes of at least 4 members (excludes halogenated alkanes) is 4. The Morgan fingerprint density at radius 3 is 2.50 bits per heavy atom. The molecule has 0 atom stereocenters. The van der Waals surface area contributed by atoms with Crippen LogP contribution in [0.2, 0.25) is 0 Å². The van der Waals surface area contributed by atoms with E-state index in [1.807, 2.05) is 0 Å². The second kappa shape index (κ2) is 8.53. The molecular formula is C13H26N4S. The fourth-order valence-electron chi connectivity index (χ4n) is 1.93. The van der Waals surface area contributed by atoms with Gasteiger partial charge in [-0.1, -0.05) is 44.4 Å². The molecule has 18 heavy (non-hydrogen) atoms. The summed E-state index contributed by atoms with van der Waals surface area (Å²) in [5.41, 5.74) is 5.68. The van der Waals surface area contributed by atoms with Crippen molar-refractivity contribution in [3.05, 3.63) is 5.82 Å². The van der Waals surface area contributed by atoms with Gasteiger partial charge in [-0.15, -0.1) is 10.2 Å². The molecule has 1 aromatic heterocycles. The molecule has 0 spiro atoms. The van der Waals surface area contributed by atoms with Crippen LogP contribution in [-0.4, -0.2) is 20.5 Å². The predicted octanol–water partition coefficient (Wildman–Crippen LogP) is 3.38. The molecule has 104 valence electrons. The van der Waals surface area contributed by atoms with Crippen molar-refractivity contribution in [3.8, 4) is 0 Å². The van der Waals surface area contributed by atoms with Crippen molar-refractivity contribution in [3.63, 3.8) is 0 Å². The maximum absolute atomic E-state index is 5.68. The van der Waals surface area contributed by atoms with Crippen LogP contribution in [0.15, 0.2) is 5.16 Å². The minimum absolute atomic E-state index is 0.376. The number of thioether (sulfide) groups is 1. The van der Waals surface area contributed by atoms with Crippen molar-refractivity contribution in [2.75, 3.05) is 5.75 Å². The summed E-state index contributed by atoms with van der Waals surface area (Å²) in [5, 5.41) is 9.40. The zero-order chi connectivity index (χ0) is 13.4. The van der Waals surface area contributed by atoms with Crippen LogP contribution in [-0.2, 0) is 6.54 Å². The monoisotopic (exact) mass is 270 g/mol. The number of nitrogens with two attached hydrogens (primary N) is 1. The van der Waals surface area contributed by atoms with Crippen molar-refractivity contribution in [1.29, 1.82) is 0 Å². The maximum Gasteiger partial charge on any atom is 0.191 e. The summed E-state index contributed by atoms with van der Waals surface area (Å²) in [5.74, 6) is 2.01. The molecule has 0 aliphatic carbocycles. The Hall–Kier alpha value is -0.550. The highest BCUT2D eigenvalue weighted by Gasteiger charge is 2.13. The van der Waals surface area contributed by atoms with Crippen molar-refractivity contribution >= 4 is 11.8 Å². The lowest BCUT2D eigenvalue weighted by Crippen LogP contribution is -2.11. The van der Waals surface area contributed by atoms with Crippen molar-refractivity contribution in [1.82, 2.24) is 14.8 Å². The molecule has 1 heterocycles. The van der Waals surface area contributed by atoms with Gasteiger partial charge in [0.1, 0.15) is 5.82 Å². The van der Waals surface area contributed by atoms with Gasteiger partial charge in [0.15, 0.2) is 5.16 Å². The van der Waals surface area contributed by atoms with Crippen LogP contribution in [0.25, 0.3) is 0 Å². The Balaban J connectivity index is 2.40. The first kappa shape index (κ1) is 15.5. The maximum atomic E-state index is 5.68. The van der Waals surface area contributed by atoms with E-state index in [9.17, 15) is 0 Å². The lowest BCUT2D eigenvalue weighted by Gasteiger charge is -2.12. The molecule has 1 rings (SSSR count). The Morgan fingerprint density at radius 1 is 1.17 bits per heavy atom. The van der Waals surface area contributed by atoms with Gasteiger partial charge in [-0.3, -0.25) is 0 Å². The number of hydrogen-bond acceptors (Lipinski definition) is 4. The van der Waals surface area contributed by atoms with Crippen LogP contribution in [0, 0.1) is 0 Å².